The predicted molar refractivity (Wildman–Crippen MR) is 107 cm³/mol. The highest BCUT2D eigenvalue weighted by Crippen LogP contribution is 2.69. The molecule has 1 spiro atoms. The molecule has 2 saturated carbocycles. The highest BCUT2D eigenvalue weighted by molar-refractivity contribution is 5.66. The van der Waals surface area contributed by atoms with Gasteiger partial charge in [0, 0.05) is 36.3 Å². The molecule has 168 valence electrons. The topological polar surface area (TPSA) is 98.4 Å². The first kappa shape index (κ1) is 21.8. The summed E-state index contributed by atoms with van der Waals surface area (Å²) in [5.74, 6) is -0.376. The van der Waals surface area contributed by atoms with Crippen molar-refractivity contribution in [3.8, 4) is 0 Å². The van der Waals surface area contributed by atoms with E-state index in [1.54, 1.807) is 26.6 Å². The molecule has 1 aliphatic heterocycles. The fraction of sp³-hybridized carbons (Fsp3) is 0.783. The van der Waals surface area contributed by atoms with Crippen LogP contribution < -0.4 is 0 Å². The van der Waals surface area contributed by atoms with E-state index < -0.39 is 34.9 Å². The van der Waals surface area contributed by atoms with Crippen LogP contribution in [0.15, 0.2) is 23.0 Å². The van der Waals surface area contributed by atoms with Gasteiger partial charge in [-0.2, -0.15) is 0 Å². The van der Waals surface area contributed by atoms with Crippen LogP contribution in [0.25, 0.3) is 0 Å². The van der Waals surface area contributed by atoms with Crippen LogP contribution in [-0.2, 0) is 19.0 Å². The standard InChI is InChI=1S/C23H34O7/c1-13-16(29-14(2)24)10-21(3)18(6-7-19(25)22(21,4)26)23(13)11-17(30-20(23)27-5)15-8-9-28-12-15/h8-9,12-13,16-20,25-26H,6-7,10-11H2,1-5H3. The zero-order chi connectivity index (χ0) is 21.9. The van der Waals surface area contributed by atoms with Gasteiger partial charge in [-0.3, -0.25) is 4.79 Å². The molecule has 0 radical (unpaired) electrons. The number of carbonyl (C=O) groups is 1. The molecule has 1 aromatic heterocycles. The van der Waals surface area contributed by atoms with Gasteiger partial charge in [-0.1, -0.05) is 13.8 Å². The third-order valence-electron chi connectivity index (χ3n) is 8.69. The lowest BCUT2D eigenvalue weighted by Gasteiger charge is -2.65. The first-order valence-electron chi connectivity index (χ1n) is 10.9. The van der Waals surface area contributed by atoms with Crippen molar-refractivity contribution in [2.75, 3.05) is 7.11 Å². The number of carbonyl (C=O) groups excluding carboxylic acids is 1. The maximum Gasteiger partial charge on any atom is 0.302 e. The Kier molecular flexibility index (Phi) is 5.33. The number of ether oxygens (including phenoxy) is 3. The Labute approximate surface area is 177 Å². The van der Waals surface area contributed by atoms with E-state index in [1.807, 2.05) is 13.0 Å². The summed E-state index contributed by atoms with van der Waals surface area (Å²) in [5.41, 5.74) is -1.55. The Balaban J connectivity index is 1.83. The summed E-state index contributed by atoms with van der Waals surface area (Å²) >= 11 is 0. The molecule has 4 rings (SSSR count). The van der Waals surface area contributed by atoms with Crippen molar-refractivity contribution in [3.63, 3.8) is 0 Å². The summed E-state index contributed by atoms with van der Waals surface area (Å²) in [7, 11) is 1.64. The summed E-state index contributed by atoms with van der Waals surface area (Å²) in [6, 6.07) is 1.90. The van der Waals surface area contributed by atoms with E-state index in [1.165, 1.54) is 6.92 Å². The Morgan fingerprint density at radius 3 is 2.60 bits per heavy atom. The molecule has 3 fully saturated rings. The molecule has 2 heterocycles. The molecule has 2 aliphatic carbocycles. The molecule has 0 aromatic carbocycles. The SMILES string of the molecule is COC1OC(c2ccoc2)CC12C(C)C(OC(C)=O)CC1(C)C2CCC(O)C1(C)O. The summed E-state index contributed by atoms with van der Waals surface area (Å²) in [6.45, 7) is 7.24. The summed E-state index contributed by atoms with van der Waals surface area (Å²) < 4.78 is 23.4. The van der Waals surface area contributed by atoms with Crippen LogP contribution in [0.1, 0.15) is 65.0 Å². The highest BCUT2D eigenvalue weighted by atomic mass is 16.7. The van der Waals surface area contributed by atoms with Crippen LogP contribution in [0.5, 0.6) is 0 Å². The molecule has 0 bridgehead atoms. The van der Waals surface area contributed by atoms with Crippen LogP contribution in [0.4, 0.5) is 0 Å². The first-order chi connectivity index (χ1) is 14.1. The van der Waals surface area contributed by atoms with Crippen LogP contribution in [0, 0.1) is 22.7 Å². The number of fused-ring (bicyclic) bond motifs is 2. The van der Waals surface area contributed by atoms with Gasteiger partial charge in [-0.15, -0.1) is 0 Å². The average molecular weight is 423 g/mol. The average Bonchev–Trinajstić information content (AvgIpc) is 3.32. The van der Waals surface area contributed by atoms with Gasteiger partial charge in [-0.25, -0.2) is 0 Å². The predicted octanol–water partition coefficient (Wildman–Crippen LogP) is 3.20. The van der Waals surface area contributed by atoms with Crippen molar-refractivity contribution < 1.29 is 33.6 Å². The number of esters is 1. The van der Waals surface area contributed by atoms with Gasteiger partial charge in [0.25, 0.3) is 0 Å². The van der Waals surface area contributed by atoms with Gasteiger partial charge >= 0.3 is 5.97 Å². The fourth-order valence-corrected chi connectivity index (χ4v) is 6.86. The number of methoxy groups -OCH3 is 1. The lowest BCUT2D eigenvalue weighted by atomic mass is 9.42. The van der Waals surface area contributed by atoms with Gasteiger partial charge in [0.15, 0.2) is 6.29 Å². The second kappa shape index (κ2) is 7.33. The second-order valence-electron chi connectivity index (χ2n) is 9.92. The molecule has 1 saturated heterocycles. The minimum Gasteiger partial charge on any atom is -0.472 e. The molecule has 2 N–H and O–H groups in total. The summed E-state index contributed by atoms with van der Waals surface area (Å²) in [4.78, 5) is 11.9. The fourth-order valence-electron chi connectivity index (χ4n) is 6.86. The Morgan fingerprint density at radius 2 is 2.00 bits per heavy atom. The zero-order valence-electron chi connectivity index (χ0n) is 18.5. The van der Waals surface area contributed by atoms with Crippen LogP contribution in [-0.4, -0.2) is 47.4 Å². The highest BCUT2D eigenvalue weighted by Gasteiger charge is 2.71. The molecule has 7 nitrogen and oxygen atoms in total. The van der Waals surface area contributed by atoms with Crippen LogP contribution in [0.3, 0.4) is 0 Å². The molecule has 9 atom stereocenters. The van der Waals surface area contributed by atoms with Gasteiger partial charge in [0.1, 0.15) is 6.10 Å². The number of furan rings is 1. The second-order valence-corrected chi connectivity index (χ2v) is 9.92. The zero-order valence-corrected chi connectivity index (χ0v) is 18.5. The molecule has 3 aliphatic rings. The lowest BCUT2D eigenvalue weighted by Crippen LogP contribution is -2.69. The Morgan fingerprint density at radius 1 is 1.27 bits per heavy atom. The van der Waals surface area contributed by atoms with Crippen molar-refractivity contribution in [1.82, 2.24) is 0 Å². The Bertz CT molecular complexity index is 775. The third-order valence-corrected chi connectivity index (χ3v) is 8.69. The minimum absolute atomic E-state index is 0.0204. The molecular formula is C23H34O7. The van der Waals surface area contributed by atoms with Gasteiger partial charge in [0.2, 0.25) is 0 Å². The van der Waals surface area contributed by atoms with Crippen LogP contribution in [0.2, 0.25) is 0 Å². The minimum atomic E-state index is -1.33. The number of hydrogen-bond acceptors (Lipinski definition) is 7. The van der Waals surface area contributed by atoms with Crippen molar-refractivity contribution >= 4 is 5.97 Å². The molecule has 9 unspecified atom stereocenters. The van der Waals surface area contributed by atoms with Crippen molar-refractivity contribution in [2.24, 2.45) is 22.7 Å². The molecule has 1 aromatic rings. The monoisotopic (exact) mass is 422 g/mol. The first-order valence-corrected chi connectivity index (χ1v) is 10.9. The van der Waals surface area contributed by atoms with E-state index in [0.717, 1.165) is 12.0 Å². The number of hydrogen-bond donors (Lipinski definition) is 2. The Hall–Kier alpha value is -1.41. The van der Waals surface area contributed by atoms with Gasteiger partial charge in [0.05, 0.1) is 30.3 Å². The van der Waals surface area contributed by atoms with E-state index in [9.17, 15) is 15.0 Å². The van der Waals surface area contributed by atoms with E-state index >= 15 is 0 Å². The number of aliphatic hydroxyl groups is 2. The summed E-state index contributed by atoms with van der Waals surface area (Å²) in [6.07, 6.45) is 3.72. The molecular weight excluding hydrogens is 388 g/mol. The largest absolute Gasteiger partial charge is 0.472 e. The third kappa shape index (κ3) is 2.89. The van der Waals surface area contributed by atoms with Crippen molar-refractivity contribution in [3.05, 3.63) is 24.2 Å². The quantitative estimate of drug-likeness (QED) is 0.722. The summed E-state index contributed by atoms with van der Waals surface area (Å²) in [5, 5.41) is 22.2. The number of aliphatic hydroxyl groups excluding tert-OH is 1. The van der Waals surface area contributed by atoms with E-state index in [4.69, 9.17) is 18.6 Å². The van der Waals surface area contributed by atoms with E-state index in [2.05, 4.69) is 6.92 Å². The number of rotatable bonds is 3. The van der Waals surface area contributed by atoms with Crippen LogP contribution >= 0.6 is 0 Å². The normalized spacial score (nSPS) is 48.5. The van der Waals surface area contributed by atoms with Gasteiger partial charge in [-0.05, 0) is 44.6 Å². The van der Waals surface area contributed by atoms with E-state index in [0.29, 0.717) is 19.3 Å². The maximum atomic E-state index is 11.9. The smallest absolute Gasteiger partial charge is 0.302 e. The van der Waals surface area contributed by atoms with Crippen molar-refractivity contribution in [2.45, 2.75) is 83.6 Å². The maximum absolute atomic E-state index is 11.9. The molecule has 7 heteroatoms. The molecule has 0 amide bonds. The van der Waals surface area contributed by atoms with E-state index in [-0.39, 0.29) is 23.9 Å². The van der Waals surface area contributed by atoms with Crippen molar-refractivity contribution in [1.29, 1.82) is 0 Å². The van der Waals surface area contributed by atoms with Gasteiger partial charge < -0.3 is 28.8 Å². The lowest BCUT2D eigenvalue weighted by molar-refractivity contribution is -0.291. The molecule has 30 heavy (non-hydrogen) atoms.